The summed E-state index contributed by atoms with van der Waals surface area (Å²) >= 11 is 0. The number of nitrogens with one attached hydrogen (secondary N) is 1. The first-order valence-electron chi connectivity index (χ1n) is 9.24. The molecule has 0 aromatic carbocycles. The Balaban J connectivity index is 1.38. The van der Waals surface area contributed by atoms with Gasteiger partial charge in [0, 0.05) is 50.7 Å². The third-order valence-electron chi connectivity index (χ3n) is 5.28. The number of amides is 1. The number of rotatable bonds is 4. The van der Waals surface area contributed by atoms with Crippen LogP contribution in [0.15, 0.2) is 12.4 Å². The molecule has 0 saturated carbocycles. The molecule has 142 valence electrons. The monoisotopic (exact) mass is 368 g/mol. The lowest BCUT2D eigenvalue weighted by Crippen LogP contribution is -2.49. The molecule has 0 atom stereocenters. The lowest BCUT2D eigenvalue weighted by Gasteiger charge is -2.35. The Bertz CT molecular complexity index is 948. The third kappa shape index (κ3) is 3.24. The first-order valence-corrected chi connectivity index (χ1v) is 9.24. The van der Waals surface area contributed by atoms with E-state index in [2.05, 4.69) is 30.3 Å². The van der Waals surface area contributed by atoms with Crippen LogP contribution >= 0.6 is 0 Å². The van der Waals surface area contributed by atoms with Crippen molar-refractivity contribution in [3.05, 3.63) is 35.2 Å². The molecule has 0 aliphatic carbocycles. The molecule has 1 aliphatic heterocycles. The summed E-state index contributed by atoms with van der Waals surface area (Å²) in [5.74, 6) is 1.86. The van der Waals surface area contributed by atoms with Gasteiger partial charge in [-0.1, -0.05) is 0 Å². The van der Waals surface area contributed by atoms with Gasteiger partial charge in [0.25, 0.3) is 0 Å². The molecule has 3 aromatic rings. The molecule has 1 fully saturated rings. The third-order valence-corrected chi connectivity index (χ3v) is 5.28. The Morgan fingerprint density at radius 3 is 2.63 bits per heavy atom. The van der Waals surface area contributed by atoms with Crippen molar-refractivity contribution in [3.8, 4) is 0 Å². The van der Waals surface area contributed by atoms with E-state index in [4.69, 9.17) is 0 Å². The van der Waals surface area contributed by atoms with E-state index in [9.17, 15) is 4.79 Å². The van der Waals surface area contributed by atoms with Crippen LogP contribution in [-0.2, 0) is 11.2 Å². The molecule has 1 aliphatic rings. The summed E-state index contributed by atoms with van der Waals surface area (Å²) in [6.07, 6.45) is 4.88. The number of carbonyl (C=O) groups excluding carboxylic acids is 1. The molecule has 1 N–H and O–H groups in total. The van der Waals surface area contributed by atoms with Crippen LogP contribution in [0.5, 0.6) is 0 Å². The van der Waals surface area contributed by atoms with Crippen LogP contribution in [0.25, 0.3) is 5.65 Å². The van der Waals surface area contributed by atoms with Crippen LogP contribution in [-0.4, -0.2) is 66.8 Å². The van der Waals surface area contributed by atoms with Crippen molar-refractivity contribution in [1.29, 1.82) is 0 Å². The first-order chi connectivity index (χ1) is 13.0. The normalized spacial score (nSPS) is 14.9. The van der Waals surface area contributed by atoms with E-state index in [0.717, 1.165) is 53.8 Å². The number of H-pyrrole nitrogens is 1. The number of hydrogen-bond donors (Lipinski definition) is 1. The highest BCUT2D eigenvalue weighted by Gasteiger charge is 2.24. The number of anilines is 1. The number of carbonyl (C=O) groups is 1. The van der Waals surface area contributed by atoms with Gasteiger partial charge >= 0.3 is 0 Å². The number of piperazine rings is 1. The van der Waals surface area contributed by atoms with Gasteiger partial charge in [0.1, 0.15) is 5.82 Å². The van der Waals surface area contributed by atoms with Gasteiger partial charge in [-0.25, -0.2) is 4.98 Å². The summed E-state index contributed by atoms with van der Waals surface area (Å²) in [7, 11) is 0. The van der Waals surface area contributed by atoms with Gasteiger partial charge in [0.15, 0.2) is 5.82 Å². The molecule has 4 heterocycles. The quantitative estimate of drug-likeness (QED) is 0.740. The fraction of sp³-hybridized carbons (Fsp3) is 0.500. The summed E-state index contributed by atoms with van der Waals surface area (Å²) in [5, 5.41) is 15.6. The van der Waals surface area contributed by atoms with Crippen molar-refractivity contribution < 1.29 is 4.79 Å². The Morgan fingerprint density at radius 1 is 1.15 bits per heavy atom. The van der Waals surface area contributed by atoms with Crippen LogP contribution in [0.4, 0.5) is 5.82 Å². The molecule has 0 unspecified atom stereocenters. The van der Waals surface area contributed by atoms with Gasteiger partial charge in [-0.2, -0.15) is 5.10 Å². The van der Waals surface area contributed by atoms with Gasteiger partial charge in [-0.05, 0) is 32.8 Å². The van der Waals surface area contributed by atoms with E-state index in [1.54, 1.807) is 6.20 Å². The van der Waals surface area contributed by atoms with Crippen molar-refractivity contribution in [2.24, 2.45) is 0 Å². The molecule has 27 heavy (non-hydrogen) atoms. The number of nitrogens with zero attached hydrogens (tertiary/aromatic N) is 7. The van der Waals surface area contributed by atoms with Crippen LogP contribution in [0, 0.1) is 20.8 Å². The largest absolute Gasteiger partial charge is 0.350 e. The topological polar surface area (TPSA) is 95.3 Å². The molecular weight excluding hydrogens is 344 g/mol. The highest BCUT2D eigenvalue weighted by atomic mass is 16.2. The van der Waals surface area contributed by atoms with Crippen LogP contribution in [0.3, 0.4) is 0 Å². The Labute approximate surface area is 157 Å². The van der Waals surface area contributed by atoms with Gasteiger partial charge in [0.2, 0.25) is 11.6 Å². The molecular formula is C18H24N8O. The summed E-state index contributed by atoms with van der Waals surface area (Å²) < 4.78 is 1.94. The molecule has 4 rings (SSSR count). The van der Waals surface area contributed by atoms with Crippen molar-refractivity contribution in [2.45, 2.75) is 33.6 Å². The van der Waals surface area contributed by atoms with Gasteiger partial charge < -0.3 is 9.80 Å². The van der Waals surface area contributed by atoms with E-state index in [1.807, 2.05) is 36.3 Å². The van der Waals surface area contributed by atoms with Crippen molar-refractivity contribution in [3.63, 3.8) is 0 Å². The number of aromatic nitrogens is 6. The maximum Gasteiger partial charge on any atom is 0.223 e. The van der Waals surface area contributed by atoms with Crippen LogP contribution < -0.4 is 4.90 Å². The maximum atomic E-state index is 12.6. The maximum absolute atomic E-state index is 12.6. The van der Waals surface area contributed by atoms with Crippen LogP contribution in [0.1, 0.15) is 29.2 Å². The minimum absolute atomic E-state index is 0.194. The van der Waals surface area contributed by atoms with E-state index in [-0.39, 0.29) is 5.91 Å². The van der Waals surface area contributed by atoms with E-state index in [0.29, 0.717) is 19.5 Å². The number of aromatic amines is 1. The fourth-order valence-corrected chi connectivity index (χ4v) is 3.65. The SMILES string of the molecule is Cc1n[nH]c(C)c1CCC(=O)N1CCN(c2nccn3c(C)nnc23)CC1. The average Bonchev–Trinajstić information content (AvgIpc) is 3.22. The molecule has 3 aromatic heterocycles. The minimum Gasteiger partial charge on any atom is -0.350 e. The highest BCUT2D eigenvalue weighted by Crippen LogP contribution is 2.20. The van der Waals surface area contributed by atoms with E-state index in [1.165, 1.54) is 0 Å². The Morgan fingerprint density at radius 2 is 1.93 bits per heavy atom. The second-order valence-electron chi connectivity index (χ2n) is 6.97. The second kappa shape index (κ2) is 6.98. The van der Waals surface area contributed by atoms with E-state index >= 15 is 0 Å². The van der Waals surface area contributed by atoms with Gasteiger partial charge in [0.05, 0.1) is 5.69 Å². The summed E-state index contributed by atoms with van der Waals surface area (Å²) in [6, 6.07) is 0. The Hall–Kier alpha value is -2.97. The van der Waals surface area contributed by atoms with Crippen molar-refractivity contribution >= 4 is 17.4 Å². The number of hydrogen-bond acceptors (Lipinski definition) is 6. The predicted molar refractivity (Wildman–Crippen MR) is 101 cm³/mol. The van der Waals surface area contributed by atoms with Crippen molar-refractivity contribution in [1.82, 2.24) is 34.7 Å². The summed E-state index contributed by atoms with van der Waals surface area (Å²) in [5.41, 5.74) is 3.95. The first kappa shape index (κ1) is 17.4. The lowest BCUT2D eigenvalue weighted by atomic mass is 10.1. The average molecular weight is 368 g/mol. The smallest absolute Gasteiger partial charge is 0.223 e. The molecule has 9 heteroatoms. The number of aryl methyl sites for hydroxylation is 3. The van der Waals surface area contributed by atoms with Gasteiger partial charge in [-0.15, -0.1) is 10.2 Å². The molecule has 1 amide bonds. The molecule has 0 radical (unpaired) electrons. The fourth-order valence-electron chi connectivity index (χ4n) is 3.65. The number of fused-ring (bicyclic) bond motifs is 1. The predicted octanol–water partition coefficient (Wildman–Crippen LogP) is 1.05. The van der Waals surface area contributed by atoms with Crippen LogP contribution in [0.2, 0.25) is 0 Å². The molecule has 1 saturated heterocycles. The lowest BCUT2D eigenvalue weighted by molar-refractivity contribution is -0.131. The zero-order valence-corrected chi connectivity index (χ0v) is 15.9. The van der Waals surface area contributed by atoms with Crippen molar-refractivity contribution in [2.75, 3.05) is 31.1 Å². The molecule has 9 nitrogen and oxygen atoms in total. The molecule has 0 bridgehead atoms. The summed E-state index contributed by atoms with van der Waals surface area (Å²) in [4.78, 5) is 21.2. The summed E-state index contributed by atoms with van der Waals surface area (Å²) in [6.45, 7) is 8.77. The molecule has 0 spiro atoms. The minimum atomic E-state index is 0.194. The highest BCUT2D eigenvalue weighted by molar-refractivity contribution is 5.77. The zero-order valence-electron chi connectivity index (χ0n) is 15.9. The van der Waals surface area contributed by atoms with E-state index < -0.39 is 0 Å². The zero-order chi connectivity index (χ0) is 19.0. The Kier molecular flexibility index (Phi) is 4.51. The van der Waals surface area contributed by atoms with Gasteiger partial charge in [-0.3, -0.25) is 14.3 Å². The second-order valence-corrected chi connectivity index (χ2v) is 6.97. The standard InChI is InChI=1S/C18H24N8O/c1-12-15(13(2)21-20-12)4-5-16(27)24-8-10-25(11-9-24)17-18-23-22-14(3)26(18)7-6-19-17/h6-7H,4-5,8-11H2,1-3H3,(H,20,21).